The van der Waals surface area contributed by atoms with E-state index in [1.165, 1.54) is 21.7 Å². The predicted molar refractivity (Wildman–Crippen MR) is 109 cm³/mol. The summed E-state index contributed by atoms with van der Waals surface area (Å²) in [6, 6.07) is 10.1. The second-order valence-electron chi connectivity index (χ2n) is 6.52. The second kappa shape index (κ2) is 8.73. The van der Waals surface area contributed by atoms with Crippen molar-refractivity contribution in [3.8, 4) is 0 Å². The molecule has 0 radical (unpaired) electrons. The number of carbonyl (C=O) groups is 1. The van der Waals surface area contributed by atoms with Gasteiger partial charge in [0.15, 0.2) is 0 Å². The van der Waals surface area contributed by atoms with Gasteiger partial charge in [0.25, 0.3) is 5.91 Å². The molecule has 2 aromatic rings. The van der Waals surface area contributed by atoms with Crippen molar-refractivity contribution in [2.24, 2.45) is 0 Å². The highest BCUT2D eigenvalue weighted by molar-refractivity contribution is 7.89. The number of amides is 1. The lowest BCUT2D eigenvalue weighted by atomic mass is 10.2. The number of halogens is 1. The van der Waals surface area contributed by atoms with Gasteiger partial charge in [-0.25, -0.2) is 8.42 Å². The molecular formula is C19H23ClN2O3S2. The number of sulfonamides is 1. The zero-order valence-corrected chi connectivity index (χ0v) is 17.6. The maximum Gasteiger partial charge on any atom is 0.254 e. The molecule has 8 heteroatoms. The van der Waals surface area contributed by atoms with Gasteiger partial charge in [0.2, 0.25) is 10.0 Å². The molecule has 1 aromatic carbocycles. The molecule has 0 aliphatic carbocycles. The summed E-state index contributed by atoms with van der Waals surface area (Å²) in [5.41, 5.74) is 0.387. The Kier molecular flexibility index (Phi) is 6.57. The van der Waals surface area contributed by atoms with Crippen LogP contribution in [0.1, 0.15) is 41.4 Å². The number of rotatable bonds is 6. The maximum atomic E-state index is 12.9. The van der Waals surface area contributed by atoms with Gasteiger partial charge in [-0.1, -0.05) is 24.1 Å². The molecule has 146 valence electrons. The van der Waals surface area contributed by atoms with Gasteiger partial charge in [-0.15, -0.1) is 11.3 Å². The van der Waals surface area contributed by atoms with E-state index in [0.717, 1.165) is 24.1 Å². The Morgan fingerprint density at radius 2 is 1.93 bits per heavy atom. The molecule has 1 fully saturated rings. The van der Waals surface area contributed by atoms with Crippen molar-refractivity contribution in [1.29, 1.82) is 0 Å². The van der Waals surface area contributed by atoms with E-state index < -0.39 is 10.0 Å². The van der Waals surface area contributed by atoms with Crippen molar-refractivity contribution in [3.05, 3.63) is 51.2 Å². The van der Waals surface area contributed by atoms with E-state index >= 15 is 0 Å². The second-order valence-corrected chi connectivity index (χ2v) is 10.3. The molecule has 0 atom stereocenters. The molecule has 0 bridgehead atoms. The van der Waals surface area contributed by atoms with Crippen LogP contribution in [0.2, 0.25) is 4.34 Å². The summed E-state index contributed by atoms with van der Waals surface area (Å²) in [6.45, 7) is 3.97. The van der Waals surface area contributed by atoms with Crippen molar-refractivity contribution >= 4 is 38.9 Å². The molecule has 1 amide bonds. The van der Waals surface area contributed by atoms with Gasteiger partial charge in [-0.3, -0.25) is 4.79 Å². The van der Waals surface area contributed by atoms with E-state index in [9.17, 15) is 13.2 Å². The largest absolute Gasteiger partial charge is 0.334 e. The summed E-state index contributed by atoms with van der Waals surface area (Å²) in [4.78, 5) is 15.8. The van der Waals surface area contributed by atoms with Crippen LogP contribution in [0.4, 0.5) is 0 Å². The van der Waals surface area contributed by atoms with E-state index in [1.807, 2.05) is 19.1 Å². The van der Waals surface area contributed by atoms with Crippen LogP contribution in [0.15, 0.2) is 41.3 Å². The minimum atomic E-state index is -3.56. The zero-order chi connectivity index (χ0) is 19.4. The summed E-state index contributed by atoms with van der Waals surface area (Å²) in [7, 11) is -3.56. The first-order valence-corrected chi connectivity index (χ1v) is 11.7. The fourth-order valence-corrected chi connectivity index (χ4v) is 5.85. The van der Waals surface area contributed by atoms with E-state index in [1.54, 1.807) is 23.1 Å². The summed E-state index contributed by atoms with van der Waals surface area (Å²) >= 11 is 7.41. The lowest BCUT2D eigenvalue weighted by molar-refractivity contribution is 0.0754. The Morgan fingerprint density at radius 1 is 1.19 bits per heavy atom. The normalized spacial score (nSPS) is 15.6. The zero-order valence-electron chi connectivity index (χ0n) is 15.2. The van der Waals surface area contributed by atoms with Crippen molar-refractivity contribution in [2.75, 3.05) is 19.6 Å². The van der Waals surface area contributed by atoms with E-state index in [-0.39, 0.29) is 10.8 Å². The molecule has 27 heavy (non-hydrogen) atoms. The Labute approximate surface area is 169 Å². The van der Waals surface area contributed by atoms with Crippen molar-refractivity contribution < 1.29 is 13.2 Å². The first-order valence-electron chi connectivity index (χ1n) is 9.05. The van der Waals surface area contributed by atoms with E-state index in [4.69, 9.17) is 11.6 Å². The summed E-state index contributed by atoms with van der Waals surface area (Å²) in [5, 5.41) is 0. The Morgan fingerprint density at radius 3 is 2.56 bits per heavy atom. The van der Waals surface area contributed by atoms with Crippen LogP contribution >= 0.6 is 22.9 Å². The third-order valence-corrected chi connectivity index (χ3v) is 7.79. The number of hydrogen-bond donors (Lipinski definition) is 0. The molecule has 0 spiro atoms. The first-order chi connectivity index (χ1) is 12.9. The average molecular weight is 427 g/mol. The highest BCUT2D eigenvalue weighted by Gasteiger charge is 2.27. The minimum absolute atomic E-state index is 0.183. The number of thiophene rings is 1. The fraction of sp³-hybridized carbons (Fsp3) is 0.421. The van der Waals surface area contributed by atoms with Crippen LogP contribution in [-0.2, 0) is 16.6 Å². The number of nitrogens with zero attached hydrogens (tertiary/aromatic N) is 2. The average Bonchev–Trinajstić information content (AvgIpc) is 3.11. The van der Waals surface area contributed by atoms with Gasteiger partial charge in [0.05, 0.1) is 15.8 Å². The van der Waals surface area contributed by atoms with Crippen LogP contribution < -0.4 is 0 Å². The molecule has 3 rings (SSSR count). The highest BCUT2D eigenvalue weighted by Crippen LogP contribution is 2.25. The van der Waals surface area contributed by atoms with Gasteiger partial charge in [-0.2, -0.15) is 4.31 Å². The van der Waals surface area contributed by atoms with Gasteiger partial charge < -0.3 is 4.90 Å². The summed E-state index contributed by atoms with van der Waals surface area (Å²) in [5.74, 6) is -0.183. The molecule has 1 aliphatic rings. The quantitative estimate of drug-likeness (QED) is 0.694. The van der Waals surface area contributed by atoms with Crippen LogP contribution in [0, 0.1) is 0 Å². The van der Waals surface area contributed by atoms with Gasteiger partial charge >= 0.3 is 0 Å². The summed E-state index contributed by atoms with van der Waals surface area (Å²) < 4.78 is 28.0. The molecule has 0 saturated carbocycles. The monoisotopic (exact) mass is 426 g/mol. The number of hydrogen-bond acceptors (Lipinski definition) is 4. The Balaban J connectivity index is 1.81. The van der Waals surface area contributed by atoms with Crippen LogP contribution in [-0.4, -0.2) is 43.2 Å². The molecule has 1 aliphatic heterocycles. The Bertz CT molecular complexity index is 905. The molecule has 0 unspecified atom stereocenters. The molecule has 5 nitrogen and oxygen atoms in total. The van der Waals surface area contributed by atoms with Crippen molar-refractivity contribution in [1.82, 2.24) is 9.21 Å². The van der Waals surface area contributed by atoms with Gasteiger partial charge in [0, 0.05) is 30.1 Å². The van der Waals surface area contributed by atoms with E-state index in [0.29, 0.717) is 36.1 Å². The number of piperidine rings is 1. The molecule has 1 saturated heterocycles. The van der Waals surface area contributed by atoms with Gasteiger partial charge in [-0.05, 0) is 50.1 Å². The molecule has 0 N–H and O–H groups in total. The SMILES string of the molecule is CCN(Cc1ccc(Cl)s1)C(=O)c1cccc(S(=O)(=O)N2CCCCC2)c1. The Hall–Kier alpha value is -1.41. The fourth-order valence-electron chi connectivity index (χ4n) is 3.18. The predicted octanol–water partition coefficient (Wildman–Crippen LogP) is 4.24. The lowest BCUT2D eigenvalue weighted by Crippen LogP contribution is -2.36. The maximum absolute atomic E-state index is 12.9. The number of benzene rings is 1. The van der Waals surface area contributed by atoms with E-state index in [2.05, 4.69) is 0 Å². The first kappa shape index (κ1) is 20.3. The minimum Gasteiger partial charge on any atom is -0.334 e. The molecule has 2 heterocycles. The van der Waals surface area contributed by atoms with Crippen molar-refractivity contribution in [3.63, 3.8) is 0 Å². The standard InChI is InChI=1S/C19H23ClN2O3S2/c1-2-21(14-16-9-10-18(20)26-16)19(23)15-7-6-8-17(13-15)27(24,25)22-11-4-3-5-12-22/h6-10,13H,2-5,11-12,14H2,1H3. The highest BCUT2D eigenvalue weighted by atomic mass is 35.5. The third kappa shape index (κ3) is 4.71. The van der Waals surface area contributed by atoms with Gasteiger partial charge in [0.1, 0.15) is 0 Å². The van der Waals surface area contributed by atoms with Crippen LogP contribution in [0.25, 0.3) is 0 Å². The lowest BCUT2D eigenvalue weighted by Gasteiger charge is -2.26. The van der Waals surface area contributed by atoms with Crippen LogP contribution in [0.3, 0.4) is 0 Å². The summed E-state index contributed by atoms with van der Waals surface area (Å²) in [6.07, 6.45) is 2.82. The molecule has 1 aromatic heterocycles. The van der Waals surface area contributed by atoms with Crippen molar-refractivity contribution in [2.45, 2.75) is 37.6 Å². The molecular weight excluding hydrogens is 404 g/mol. The third-order valence-electron chi connectivity index (χ3n) is 4.68. The topological polar surface area (TPSA) is 57.7 Å². The smallest absolute Gasteiger partial charge is 0.254 e. The van der Waals surface area contributed by atoms with Crippen LogP contribution in [0.5, 0.6) is 0 Å². The number of carbonyl (C=O) groups excluding carboxylic acids is 1.